The second-order valence-electron chi connectivity index (χ2n) is 3.07. The van der Waals surface area contributed by atoms with Crippen molar-refractivity contribution in [3.63, 3.8) is 0 Å². The highest BCUT2D eigenvalue weighted by Gasteiger charge is 2.07. The normalized spacial score (nSPS) is 10.4. The lowest BCUT2D eigenvalue weighted by Gasteiger charge is -2.04. The van der Waals surface area contributed by atoms with E-state index in [9.17, 15) is 4.39 Å². The molecule has 1 N–H and O–H groups in total. The molecule has 0 fully saturated rings. The average Bonchev–Trinajstić information content (AvgIpc) is 2.20. The fourth-order valence-corrected chi connectivity index (χ4v) is 1.97. The van der Waals surface area contributed by atoms with E-state index in [2.05, 4.69) is 9.97 Å². The quantitative estimate of drug-likeness (QED) is 0.788. The van der Waals surface area contributed by atoms with Crippen LogP contribution in [0.5, 0.6) is 0 Å². The van der Waals surface area contributed by atoms with Gasteiger partial charge in [-0.15, -0.1) is 0 Å². The summed E-state index contributed by atoms with van der Waals surface area (Å²) in [5.41, 5.74) is 0.757. The SMILES string of the molecule is Fc1cnc(=S)[nH]c1-c1cc(Cl)cc(Cl)c1. The molecule has 1 aromatic heterocycles. The van der Waals surface area contributed by atoms with Gasteiger partial charge >= 0.3 is 0 Å². The zero-order chi connectivity index (χ0) is 11.7. The lowest BCUT2D eigenvalue weighted by Crippen LogP contribution is -1.92. The van der Waals surface area contributed by atoms with Crippen molar-refractivity contribution < 1.29 is 4.39 Å². The van der Waals surface area contributed by atoms with Crippen molar-refractivity contribution in [2.45, 2.75) is 0 Å². The number of hydrogen-bond donors (Lipinski definition) is 1. The standard InChI is InChI=1S/C10H5Cl2FN2S/c11-6-1-5(2-7(12)3-6)9-8(13)4-14-10(16)15-9/h1-4H,(H,14,15,16). The number of halogens is 3. The monoisotopic (exact) mass is 274 g/mol. The maximum absolute atomic E-state index is 13.5. The Labute approximate surface area is 106 Å². The Bertz CT molecular complexity index is 577. The number of aromatic amines is 1. The van der Waals surface area contributed by atoms with Crippen molar-refractivity contribution in [2.75, 3.05) is 0 Å². The summed E-state index contributed by atoms with van der Waals surface area (Å²) in [5.74, 6) is -0.507. The van der Waals surface area contributed by atoms with E-state index in [4.69, 9.17) is 35.4 Å². The molecule has 0 unspecified atom stereocenters. The second-order valence-corrected chi connectivity index (χ2v) is 4.33. The van der Waals surface area contributed by atoms with Crippen molar-refractivity contribution >= 4 is 35.4 Å². The zero-order valence-corrected chi connectivity index (χ0v) is 10.1. The highest BCUT2D eigenvalue weighted by molar-refractivity contribution is 7.71. The molecule has 6 heteroatoms. The predicted molar refractivity (Wildman–Crippen MR) is 64.8 cm³/mol. The summed E-state index contributed by atoms with van der Waals surface area (Å²) in [7, 11) is 0. The highest BCUT2D eigenvalue weighted by atomic mass is 35.5. The van der Waals surface area contributed by atoms with E-state index in [-0.39, 0.29) is 10.5 Å². The van der Waals surface area contributed by atoms with Crippen LogP contribution in [0.1, 0.15) is 0 Å². The van der Waals surface area contributed by atoms with Crippen molar-refractivity contribution in [1.82, 2.24) is 9.97 Å². The van der Waals surface area contributed by atoms with Crippen LogP contribution in [-0.4, -0.2) is 9.97 Å². The third kappa shape index (κ3) is 2.40. The third-order valence-corrected chi connectivity index (χ3v) is 2.56. The fraction of sp³-hybridized carbons (Fsp3) is 0. The zero-order valence-electron chi connectivity index (χ0n) is 7.80. The molecule has 0 aliphatic rings. The number of nitrogens with one attached hydrogen (secondary N) is 1. The van der Waals surface area contributed by atoms with Crippen LogP contribution in [-0.2, 0) is 0 Å². The molecule has 0 saturated heterocycles. The summed E-state index contributed by atoms with van der Waals surface area (Å²) < 4.78 is 13.7. The molecule has 1 aromatic carbocycles. The predicted octanol–water partition coefficient (Wildman–Crippen LogP) is 4.25. The number of nitrogens with zero attached hydrogens (tertiary/aromatic N) is 1. The van der Waals surface area contributed by atoms with Crippen LogP contribution in [0.15, 0.2) is 24.4 Å². The van der Waals surface area contributed by atoms with Gasteiger partial charge in [-0.1, -0.05) is 23.2 Å². The summed E-state index contributed by atoms with van der Waals surface area (Å²) >= 11 is 16.5. The number of H-pyrrole nitrogens is 1. The summed E-state index contributed by atoms with van der Waals surface area (Å²) in [5, 5.41) is 0.857. The smallest absolute Gasteiger partial charge is 0.197 e. The molecule has 16 heavy (non-hydrogen) atoms. The summed E-state index contributed by atoms with van der Waals surface area (Å²) in [6.45, 7) is 0. The Hall–Kier alpha value is -0.970. The summed E-state index contributed by atoms with van der Waals surface area (Å²) in [4.78, 5) is 6.29. The lowest BCUT2D eigenvalue weighted by atomic mass is 10.1. The Morgan fingerprint density at radius 3 is 2.44 bits per heavy atom. The molecule has 0 spiro atoms. The van der Waals surface area contributed by atoms with Crippen LogP contribution in [0.2, 0.25) is 10.0 Å². The van der Waals surface area contributed by atoms with E-state index in [1.807, 2.05) is 0 Å². The number of benzene rings is 1. The van der Waals surface area contributed by atoms with Crippen LogP contribution < -0.4 is 0 Å². The van der Waals surface area contributed by atoms with Crippen LogP contribution in [0, 0.1) is 10.6 Å². The number of hydrogen-bond acceptors (Lipinski definition) is 2. The molecule has 0 aliphatic heterocycles. The Kier molecular flexibility index (Phi) is 3.23. The second kappa shape index (κ2) is 4.49. The summed E-state index contributed by atoms with van der Waals surface area (Å²) in [6, 6.07) is 4.76. The minimum absolute atomic E-state index is 0.201. The van der Waals surface area contributed by atoms with Gasteiger partial charge < -0.3 is 4.98 Å². The molecule has 2 rings (SSSR count). The van der Waals surface area contributed by atoms with Gasteiger partial charge in [-0.3, -0.25) is 0 Å². The van der Waals surface area contributed by atoms with Gasteiger partial charge in [-0.2, -0.15) is 0 Å². The maximum atomic E-state index is 13.5. The molecular weight excluding hydrogens is 270 g/mol. The van der Waals surface area contributed by atoms with Crippen LogP contribution in [0.25, 0.3) is 11.3 Å². The first-order valence-electron chi connectivity index (χ1n) is 4.27. The first kappa shape index (κ1) is 11.5. The van der Waals surface area contributed by atoms with Crippen molar-refractivity contribution in [2.24, 2.45) is 0 Å². The molecule has 1 heterocycles. The first-order chi connectivity index (χ1) is 7.56. The van der Waals surface area contributed by atoms with Gasteiger partial charge in [-0.05, 0) is 30.4 Å². The van der Waals surface area contributed by atoms with Crippen molar-refractivity contribution in [3.05, 3.63) is 45.0 Å². The van der Waals surface area contributed by atoms with E-state index >= 15 is 0 Å². The molecule has 0 radical (unpaired) electrons. The Balaban J connectivity index is 2.66. The van der Waals surface area contributed by atoms with Gasteiger partial charge in [-0.25, -0.2) is 9.37 Å². The van der Waals surface area contributed by atoms with E-state index in [0.29, 0.717) is 15.6 Å². The van der Waals surface area contributed by atoms with E-state index in [1.54, 1.807) is 18.2 Å². The topological polar surface area (TPSA) is 28.7 Å². The van der Waals surface area contributed by atoms with E-state index in [0.717, 1.165) is 6.20 Å². The van der Waals surface area contributed by atoms with Gasteiger partial charge in [0.05, 0.1) is 11.9 Å². The first-order valence-corrected chi connectivity index (χ1v) is 5.44. The van der Waals surface area contributed by atoms with Gasteiger partial charge in [0, 0.05) is 15.6 Å². The minimum atomic E-state index is -0.507. The number of rotatable bonds is 1. The van der Waals surface area contributed by atoms with Crippen LogP contribution >= 0.6 is 35.4 Å². The molecule has 2 aromatic rings. The van der Waals surface area contributed by atoms with Crippen molar-refractivity contribution in [1.29, 1.82) is 0 Å². The van der Waals surface area contributed by atoms with Crippen LogP contribution in [0.4, 0.5) is 4.39 Å². The highest BCUT2D eigenvalue weighted by Crippen LogP contribution is 2.27. The largest absolute Gasteiger partial charge is 0.328 e. The third-order valence-electron chi connectivity index (χ3n) is 1.92. The lowest BCUT2D eigenvalue weighted by molar-refractivity contribution is 0.617. The molecule has 0 aliphatic carbocycles. The molecule has 82 valence electrons. The molecule has 0 amide bonds. The van der Waals surface area contributed by atoms with Gasteiger partial charge in [0.15, 0.2) is 10.6 Å². The van der Waals surface area contributed by atoms with Crippen molar-refractivity contribution in [3.8, 4) is 11.3 Å². The molecular formula is C10H5Cl2FN2S. The maximum Gasteiger partial charge on any atom is 0.197 e. The molecule has 0 atom stereocenters. The van der Waals surface area contributed by atoms with Gasteiger partial charge in [0.2, 0.25) is 0 Å². The fourth-order valence-electron chi connectivity index (χ4n) is 1.29. The average molecular weight is 275 g/mol. The minimum Gasteiger partial charge on any atom is -0.328 e. The molecule has 0 saturated carbocycles. The van der Waals surface area contributed by atoms with E-state index in [1.165, 1.54) is 0 Å². The molecule has 0 bridgehead atoms. The van der Waals surface area contributed by atoms with Crippen LogP contribution in [0.3, 0.4) is 0 Å². The molecule has 2 nitrogen and oxygen atoms in total. The van der Waals surface area contributed by atoms with Gasteiger partial charge in [0.1, 0.15) is 0 Å². The summed E-state index contributed by atoms with van der Waals surface area (Å²) in [6.07, 6.45) is 1.06. The Morgan fingerprint density at radius 1 is 1.19 bits per heavy atom. The van der Waals surface area contributed by atoms with Gasteiger partial charge in [0.25, 0.3) is 0 Å². The van der Waals surface area contributed by atoms with E-state index < -0.39 is 5.82 Å². The Morgan fingerprint density at radius 2 is 1.81 bits per heavy atom. The number of aromatic nitrogens is 2.